The van der Waals surface area contributed by atoms with E-state index in [2.05, 4.69) is 32.4 Å². The molecule has 5 heteroatoms. The molecule has 5 nitrogen and oxygen atoms in total. The Bertz CT molecular complexity index is 780. The third-order valence-corrected chi connectivity index (χ3v) is 2.57. The standard InChI is InChI=1S/C14H10N4O/c1-10-6-12-7-15-9-18-13(12)17-8-11-4-2-3-5-16-14(11)19-10/h2-4,6-7,9H,1,8H2/b12-6-,17-13+. The maximum atomic E-state index is 5.63. The van der Waals surface area contributed by atoms with E-state index in [-0.39, 0.29) is 0 Å². The molecule has 0 saturated carbocycles. The summed E-state index contributed by atoms with van der Waals surface area (Å²) >= 11 is 0. The fourth-order valence-electron chi connectivity index (χ4n) is 1.71. The van der Waals surface area contributed by atoms with E-state index in [1.54, 1.807) is 18.3 Å². The smallest absolute Gasteiger partial charge is 0.232 e. The molecule has 2 aliphatic rings. The van der Waals surface area contributed by atoms with Gasteiger partial charge in [-0.2, -0.15) is 4.99 Å². The third kappa shape index (κ3) is 2.41. The second-order valence-electron chi connectivity index (χ2n) is 3.93. The van der Waals surface area contributed by atoms with Crippen molar-refractivity contribution in [1.82, 2.24) is 9.97 Å². The van der Waals surface area contributed by atoms with Crippen LogP contribution in [-0.2, 0) is 4.74 Å². The van der Waals surface area contributed by atoms with E-state index in [1.807, 2.05) is 12.2 Å². The summed E-state index contributed by atoms with van der Waals surface area (Å²) in [5.41, 5.74) is 1.46. The topological polar surface area (TPSA) is 59.7 Å². The lowest BCUT2D eigenvalue weighted by atomic mass is 10.2. The Labute approximate surface area is 109 Å². The van der Waals surface area contributed by atoms with E-state index < -0.39 is 0 Å². The summed E-state index contributed by atoms with van der Waals surface area (Å²) < 4.78 is 5.63. The van der Waals surface area contributed by atoms with E-state index in [1.165, 1.54) is 6.33 Å². The first kappa shape index (κ1) is 11.3. The molecule has 1 aromatic rings. The molecule has 92 valence electrons. The van der Waals surface area contributed by atoms with E-state index in [0.717, 1.165) is 10.8 Å². The summed E-state index contributed by atoms with van der Waals surface area (Å²) in [4.78, 5) is 16.7. The highest BCUT2D eigenvalue weighted by Gasteiger charge is 2.09. The molecule has 1 aromatic heterocycles. The molecule has 0 aliphatic carbocycles. The van der Waals surface area contributed by atoms with Crippen LogP contribution in [0.5, 0.6) is 0 Å². The van der Waals surface area contributed by atoms with Crippen LogP contribution in [0.15, 0.2) is 64.5 Å². The highest BCUT2D eigenvalue weighted by Crippen LogP contribution is 2.16. The Kier molecular flexibility index (Phi) is 2.88. The fraction of sp³-hybridized carbons (Fsp3) is 0.0714. The molecule has 0 saturated heterocycles. The van der Waals surface area contributed by atoms with Crippen LogP contribution in [-0.4, -0.2) is 22.4 Å². The number of nitrogens with zero attached hydrogens (tertiary/aromatic N) is 4. The lowest BCUT2D eigenvalue weighted by Gasteiger charge is -2.06. The zero-order valence-corrected chi connectivity index (χ0v) is 10.1. The van der Waals surface area contributed by atoms with Crippen LogP contribution in [0.25, 0.3) is 6.08 Å². The van der Waals surface area contributed by atoms with Crippen LogP contribution in [0.1, 0.15) is 0 Å². The number of allylic oxidation sites excluding steroid dienone is 3. The van der Waals surface area contributed by atoms with Gasteiger partial charge in [-0.05, 0) is 18.0 Å². The quantitative estimate of drug-likeness (QED) is 0.670. The zero-order chi connectivity index (χ0) is 13.1. The van der Waals surface area contributed by atoms with E-state index in [4.69, 9.17) is 4.74 Å². The highest BCUT2D eigenvalue weighted by atomic mass is 16.5. The Morgan fingerprint density at radius 2 is 2.32 bits per heavy atom. The summed E-state index contributed by atoms with van der Waals surface area (Å²) in [7, 11) is 0. The first-order valence-electron chi connectivity index (χ1n) is 5.71. The zero-order valence-electron chi connectivity index (χ0n) is 10.1. The molecule has 0 amide bonds. The normalized spacial score (nSPS) is 20.5. The van der Waals surface area contributed by atoms with Crippen molar-refractivity contribution in [2.24, 2.45) is 9.98 Å². The van der Waals surface area contributed by atoms with Crippen LogP contribution in [0, 0.1) is 0 Å². The highest BCUT2D eigenvalue weighted by molar-refractivity contribution is 5.59. The van der Waals surface area contributed by atoms with Gasteiger partial charge < -0.3 is 4.74 Å². The van der Waals surface area contributed by atoms with Crippen LogP contribution < -0.4 is 10.7 Å². The predicted molar refractivity (Wildman–Crippen MR) is 70.5 cm³/mol. The van der Waals surface area contributed by atoms with Crippen molar-refractivity contribution in [3.8, 4) is 0 Å². The Morgan fingerprint density at radius 3 is 3.26 bits per heavy atom. The van der Waals surface area contributed by atoms with Crippen molar-refractivity contribution in [3.63, 3.8) is 0 Å². The molecular formula is C14H10N4O. The molecule has 2 aliphatic heterocycles. The molecule has 0 fully saturated rings. The molecule has 19 heavy (non-hydrogen) atoms. The Balaban J connectivity index is 2.18. The second kappa shape index (κ2) is 4.84. The Hall–Kier alpha value is -2.78. The lowest BCUT2D eigenvalue weighted by molar-refractivity contribution is 0.322. The van der Waals surface area contributed by atoms with Crippen molar-refractivity contribution in [2.75, 3.05) is 6.54 Å². The van der Waals surface area contributed by atoms with Gasteiger partial charge in [-0.15, -0.1) is 0 Å². The number of fused-ring (bicyclic) bond motifs is 1. The maximum absolute atomic E-state index is 5.63. The number of ether oxygens (including phenoxy) is 1. The van der Waals surface area contributed by atoms with Crippen molar-refractivity contribution in [1.29, 1.82) is 0 Å². The van der Waals surface area contributed by atoms with Gasteiger partial charge in [0.1, 0.15) is 12.1 Å². The van der Waals surface area contributed by atoms with Gasteiger partial charge in [0.2, 0.25) is 5.88 Å². The average Bonchev–Trinajstić information content (AvgIpc) is 2.59. The van der Waals surface area contributed by atoms with Crippen LogP contribution in [0.2, 0.25) is 0 Å². The molecule has 3 rings (SSSR count). The van der Waals surface area contributed by atoms with Gasteiger partial charge in [-0.3, -0.25) is 4.99 Å². The summed E-state index contributed by atoms with van der Waals surface area (Å²) in [5, 5.41) is 0.772. The van der Waals surface area contributed by atoms with Gasteiger partial charge in [0.25, 0.3) is 0 Å². The molecule has 0 radical (unpaired) electrons. The number of aromatic nitrogens is 2. The molecule has 0 unspecified atom stereocenters. The monoisotopic (exact) mass is 250 g/mol. The van der Waals surface area contributed by atoms with Crippen LogP contribution in [0.3, 0.4) is 0 Å². The molecule has 0 aromatic carbocycles. The summed E-state index contributed by atoms with van der Waals surface area (Å²) in [6, 6.07) is 0. The minimum absolute atomic E-state index is 0.427. The van der Waals surface area contributed by atoms with Crippen molar-refractivity contribution in [3.05, 3.63) is 65.3 Å². The SMILES string of the molecule is C=C1/C=c2/cncn/c2=N/CC2=C(N=C=CC=C2)O1. The fourth-order valence-corrected chi connectivity index (χ4v) is 1.71. The van der Waals surface area contributed by atoms with Crippen molar-refractivity contribution >= 4 is 11.9 Å². The first-order valence-corrected chi connectivity index (χ1v) is 5.71. The number of rotatable bonds is 0. The number of hydrogen-bond acceptors (Lipinski definition) is 5. The number of hydrogen-bond donors (Lipinski definition) is 0. The van der Waals surface area contributed by atoms with Gasteiger partial charge in [-0.25, -0.2) is 9.97 Å². The second-order valence-corrected chi connectivity index (χ2v) is 3.93. The first-order chi connectivity index (χ1) is 9.33. The van der Waals surface area contributed by atoms with E-state index >= 15 is 0 Å². The molecule has 0 bridgehead atoms. The molecular weight excluding hydrogens is 240 g/mol. The van der Waals surface area contributed by atoms with Gasteiger partial charge >= 0.3 is 0 Å². The van der Waals surface area contributed by atoms with Gasteiger partial charge in [0.05, 0.1) is 6.54 Å². The van der Waals surface area contributed by atoms with Gasteiger partial charge in [0.15, 0.2) is 5.49 Å². The minimum Gasteiger partial charge on any atom is -0.439 e. The number of aliphatic imine (C=N–C) groups is 1. The third-order valence-electron chi connectivity index (χ3n) is 2.57. The van der Waals surface area contributed by atoms with Crippen molar-refractivity contribution in [2.45, 2.75) is 0 Å². The Morgan fingerprint density at radius 1 is 1.37 bits per heavy atom. The summed E-state index contributed by atoms with van der Waals surface area (Å²) in [6.45, 7) is 4.27. The molecule has 3 heterocycles. The van der Waals surface area contributed by atoms with Gasteiger partial charge in [-0.1, -0.05) is 18.7 Å². The van der Waals surface area contributed by atoms with E-state index in [0.29, 0.717) is 23.7 Å². The summed E-state index contributed by atoms with van der Waals surface area (Å²) in [6.07, 6.45) is 10.3. The average molecular weight is 250 g/mol. The maximum Gasteiger partial charge on any atom is 0.232 e. The minimum atomic E-state index is 0.427. The van der Waals surface area contributed by atoms with Crippen LogP contribution >= 0.6 is 0 Å². The molecule has 0 spiro atoms. The van der Waals surface area contributed by atoms with E-state index in [9.17, 15) is 0 Å². The van der Waals surface area contributed by atoms with Crippen LogP contribution in [0.4, 0.5) is 0 Å². The lowest BCUT2D eigenvalue weighted by Crippen LogP contribution is -2.29. The molecule has 0 atom stereocenters. The molecule has 0 N–H and O–H groups in total. The van der Waals surface area contributed by atoms with Crippen molar-refractivity contribution < 1.29 is 4.74 Å². The largest absolute Gasteiger partial charge is 0.439 e. The summed E-state index contributed by atoms with van der Waals surface area (Å²) in [5.74, 6) is 3.68. The van der Waals surface area contributed by atoms with Gasteiger partial charge in [0, 0.05) is 17.0 Å². The predicted octanol–water partition coefficient (Wildman–Crippen LogP) is 0.428.